The maximum absolute atomic E-state index is 6.09. The molecule has 0 aliphatic carbocycles. The summed E-state index contributed by atoms with van der Waals surface area (Å²) in [6, 6.07) is 49.9. The number of furan rings is 1. The van der Waals surface area contributed by atoms with Crippen molar-refractivity contribution in [1.82, 2.24) is 15.0 Å². The zero-order chi connectivity index (χ0) is 29.7. The molecule has 0 spiro atoms. The number of anilines is 3. The molecule has 6 aromatic carbocycles. The Kier molecular flexibility index (Phi) is 5.99. The van der Waals surface area contributed by atoms with Gasteiger partial charge in [-0.3, -0.25) is 4.90 Å². The highest BCUT2D eigenvalue weighted by atomic mass is 32.2. The third-order valence-corrected chi connectivity index (χ3v) is 9.24. The van der Waals surface area contributed by atoms with Gasteiger partial charge >= 0.3 is 0 Å². The molecule has 2 aromatic heterocycles. The van der Waals surface area contributed by atoms with Crippen LogP contribution in [0.1, 0.15) is 0 Å². The molecule has 0 radical (unpaired) electrons. The predicted octanol–water partition coefficient (Wildman–Crippen LogP) is 10.7. The molecule has 6 heteroatoms. The normalized spacial score (nSPS) is 12.3. The SMILES string of the molecule is c1ccc(-c2nc(-c3ccccc3)nc(N3c4ccccc4Sc4cc(-c5ccc6oc7ccccc7c6c5)ccc43)n2)cc1. The van der Waals surface area contributed by atoms with Gasteiger partial charge in [0.1, 0.15) is 11.2 Å². The van der Waals surface area contributed by atoms with Crippen molar-refractivity contribution in [1.29, 1.82) is 0 Å². The summed E-state index contributed by atoms with van der Waals surface area (Å²) >= 11 is 1.77. The van der Waals surface area contributed by atoms with E-state index in [0.717, 1.165) is 65.4 Å². The minimum absolute atomic E-state index is 0.579. The first-order valence-corrected chi connectivity index (χ1v) is 15.6. The van der Waals surface area contributed by atoms with Crippen molar-refractivity contribution in [2.75, 3.05) is 4.90 Å². The van der Waals surface area contributed by atoms with Gasteiger partial charge in [-0.25, -0.2) is 4.98 Å². The van der Waals surface area contributed by atoms with Gasteiger partial charge in [0, 0.05) is 31.7 Å². The van der Waals surface area contributed by atoms with Crippen LogP contribution in [0.25, 0.3) is 55.8 Å². The van der Waals surface area contributed by atoms with E-state index in [1.165, 1.54) is 0 Å². The number of hydrogen-bond acceptors (Lipinski definition) is 6. The van der Waals surface area contributed by atoms with Crippen molar-refractivity contribution < 1.29 is 4.42 Å². The zero-order valence-corrected chi connectivity index (χ0v) is 24.8. The topological polar surface area (TPSA) is 55.1 Å². The van der Waals surface area contributed by atoms with Gasteiger partial charge in [0.2, 0.25) is 5.95 Å². The Bertz CT molecular complexity index is 2310. The van der Waals surface area contributed by atoms with E-state index in [1.54, 1.807) is 11.8 Å². The number of fused-ring (bicyclic) bond motifs is 5. The first kappa shape index (κ1) is 25.7. The molecule has 9 rings (SSSR count). The molecule has 212 valence electrons. The molecule has 0 unspecified atom stereocenters. The van der Waals surface area contributed by atoms with E-state index < -0.39 is 0 Å². The average Bonchev–Trinajstić information content (AvgIpc) is 3.49. The van der Waals surface area contributed by atoms with Gasteiger partial charge in [-0.05, 0) is 53.6 Å². The van der Waals surface area contributed by atoms with Crippen molar-refractivity contribution in [3.63, 3.8) is 0 Å². The molecule has 5 nitrogen and oxygen atoms in total. The maximum atomic E-state index is 6.09. The molecule has 8 aromatic rings. The third kappa shape index (κ3) is 4.46. The molecule has 1 aliphatic heterocycles. The second-order valence-corrected chi connectivity index (χ2v) is 12.0. The first-order chi connectivity index (χ1) is 22.3. The molecule has 1 aliphatic rings. The lowest BCUT2D eigenvalue weighted by Crippen LogP contribution is -2.18. The largest absolute Gasteiger partial charge is 0.456 e. The highest BCUT2D eigenvalue weighted by molar-refractivity contribution is 7.99. The van der Waals surface area contributed by atoms with Crippen molar-refractivity contribution in [2.24, 2.45) is 0 Å². The van der Waals surface area contributed by atoms with Gasteiger partial charge in [-0.2, -0.15) is 9.97 Å². The van der Waals surface area contributed by atoms with Crippen LogP contribution < -0.4 is 4.90 Å². The van der Waals surface area contributed by atoms with Crippen LogP contribution in [0.15, 0.2) is 160 Å². The van der Waals surface area contributed by atoms with Crippen molar-refractivity contribution in [3.05, 3.63) is 146 Å². The van der Waals surface area contributed by atoms with E-state index in [4.69, 9.17) is 19.4 Å². The van der Waals surface area contributed by atoms with Gasteiger partial charge in [0.05, 0.1) is 11.4 Å². The molecular formula is C39H24N4OS. The van der Waals surface area contributed by atoms with E-state index in [1.807, 2.05) is 72.8 Å². The zero-order valence-electron chi connectivity index (χ0n) is 24.0. The Morgan fingerprint density at radius 3 is 1.82 bits per heavy atom. The van der Waals surface area contributed by atoms with Gasteiger partial charge in [-0.15, -0.1) is 0 Å². The second kappa shape index (κ2) is 10.5. The van der Waals surface area contributed by atoms with Crippen LogP contribution in [0.3, 0.4) is 0 Å². The van der Waals surface area contributed by atoms with Crippen LogP contribution in [0, 0.1) is 0 Å². The highest BCUT2D eigenvalue weighted by Crippen LogP contribution is 2.51. The Morgan fingerprint density at radius 1 is 0.444 bits per heavy atom. The quantitative estimate of drug-likeness (QED) is 0.201. The molecular weight excluding hydrogens is 573 g/mol. The fraction of sp³-hybridized carbons (Fsp3) is 0. The average molecular weight is 597 g/mol. The molecule has 3 heterocycles. The molecule has 0 saturated heterocycles. The van der Waals surface area contributed by atoms with E-state index >= 15 is 0 Å². The van der Waals surface area contributed by atoms with Crippen molar-refractivity contribution in [3.8, 4) is 33.9 Å². The summed E-state index contributed by atoms with van der Waals surface area (Å²) in [5.41, 5.74) is 8.02. The molecule has 0 saturated carbocycles. The van der Waals surface area contributed by atoms with E-state index in [2.05, 4.69) is 77.7 Å². The number of nitrogens with zero attached hydrogens (tertiary/aromatic N) is 4. The van der Waals surface area contributed by atoms with Gasteiger partial charge in [-0.1, -0.05) is 115 Å². The summed E-state index contributed by atoms with van der Waals surface area (Å²) in [5, 5.41) is 2.24. The fourth-order valence-corrected chi connectivity index (χ4v) is 7.05. The summed E-state index contributed by atoms with van der Waals surface area (Å²) in [5.74, 6) is 1.85. The predicted molar refractivity (Wildman–Crippen MR) is 182 cm³/mol. The van der Waals surface area contributed by atoms with E-state index in [-0.39, 0.29) is 0 Å². The summed E-state index contributed by atoms with van der Waals surface area (Å²) in [7, 11) is 0. The van der Waals surface area contributed by atoms with Crippen LogP contribution >= 0.6 is 11.8 Å². The number of hydrogen-bond donors (Lipinski definition) is 0. The minimum Gasteiger partial charge on any atom is -0.456 e. The highest BCUT2D eigenvalue weighted by Gasteiger charge is 2.28. The van der Waals surface area contributed by atoms with Crippen LogP contribution in [0.2, 0.25) is 0 Å². The lowest BCUT2D eigenvalue weighted by molar-refractivity contribution is 0.669. The van der Waals surface area contributed by atoms with Crippen molar-refractivity contribution in [2.45, 2.75) is 9.79 Å². The standard InChI is InChI=1S/C39H24N4OS/c1-3-11-25(12-4-1)37-40-38(26-13-5-2-6-14-26)42-39(41-37)43-31-16-8-10-18-35(31)45-36-24-28(19-21-32(36)43)27-20-22-34-30(23-27)29-15-7-9-17-33(29)44-34/h1-24H. The Balaban J connectivity index is 1.21. The van der Waals surface area contributed by atoms with Crippen molar-refractivity contribution >= 4 is 51.0 Å². The summed E-state index contributed by atoms with van der Waals surface area (Å²) in [6.07, 6.45) is 0. The summed E-state index contributed by atoms with van der Waals surface area (Å²) in [6.45, 7) is 0. The van der Waals surface area contributed by atoms with Crippen LogP contribution in [-0.4, -0.2) is 15.0 Å². The van der Waals surface area contributed by atoms with Crippen LogP contribution in [-0.2, 0) is 0 Å². The number of para-hydroxylation sites is 2. The Morgan fingerprint density at radius 2 is 1.04 bits per heavy atom. The smallest absolute Gasteiger partial charge is 0.238 e. The summed E-state index contributed by atoms with van der Waals surface area (Å²) in [4.78, 5) is 19.5. The molecule has 0 atom stereocenters. The van der Waals surface area contributed by atoms with Crippen LogP contribution in [0.5, 0.6) is 0 Å². The second-order valence-electron chi connectivity index (χ2n) is 10.9. The maximum Gasteiger partial charge on any atom is 0.238 e. The molecule has 0 N–H and O–H groups in total. The summed E-state index contributed by atoms with van der Waals surface area (Å²) < 4.78 is 6.09. The Hall–Kier alpha value is -5.72. The minimum atomic E-state index is 0.579. The lowest BCUT2D eigenvalue weighted by Gasteiger charge is -2.31. The molecule has 45 heavy (non-hydrogen) atoms. The molecule has 0 amide bonds. The number of benzene rings is 6. The Labute approximate surface area is 263 Å². The van der Waals surface area contributed by atoms with Gasteiger partial charge in [0.15, 0.2) is 11.6 Å². The number of rotatable bonds is 4. The van der Waals surface area contributed by atoms with Gasteiger partial charge < -0.3 is 4.42 Å². The molecule has 0 fully saturated rings. The van der Waals surface area contributed by atoms with E-state index in [0.29, 0.717) is 17.6 Å². The van der Waals surface area contributed by atoms with E-state index in [9.17, 15) is 0 Å². The lowest BCUT2D eigenvalue weighted by atomic mass is 10.0. The monoisotopic (exact) mass is 596 g/mol. The van der Waals surface area contributed by atoms with Gasteiger partial charge in [0.25, 0.3) is 0 Å². The first-order valence-electron chi connectivity index (χ1n) is 14.8. The number of aromatic nitrogens is 3. The molecule has 0 bridgehead atoms. The third-order valence-electron chi connectivity index (χ3n) is 8.12. The van der Waals surface area contributed by atoms with Crippen LogP contribution in [0.4, 0.5) is 17.3 Å². The fourth-order valence-electron chi connectivity index (χ4n) is 5.96.